The number of thiophene rings is 1. The molecule has 0 aliphatic heterocycles. The molecule has 1 aromatic heterocycles. The van der Waals surface area contributed by atoms with Crippen molar-refractivity contribution in [3.05, 3.63) is 65.5 Å². The average molecular weight is 334 g/mol. The topological polar surface area (TPSA) is 21.3 Å². The molecule has 0 aliphatic carbocycles. The second kappa shape index (κ2) is 8.18. The van der Waals surface area contributed by atoms with Gasteiger partial charge in [-0.2, -0.15) is 0 Å². The van der Waals surface area contributed by atoms with Crippen molar-refractivity contribution in [3.8, 4) is 5.75 Å². The van der Waals surface area contributed by atoms with Crippen LogP contribution in [0.2, 0.25) is 0 Å². The molecule has 1 atom stereocenters. The van der Waals surface area contributed by atoms with Gasteiger partial charge in [0.25, 0.3) is 0 Å². The summed E-state index contributed by atoms with van der Waals surface area (Å²) in [7, 11) is 1.97. The Labute approximate surface area is 141 Å². The molecule has 0 fully saturated rings. The maximum absolute atomic E-state index is 6.25. The summed E-state index contributed by atoms with van der Waals surface area (Å²) in [5, 5.41) is 6.59. The highest BCUT2D eigenvalue weighted by atomic mass is 35.5. The lowest BCUT2D eigenvalue weighted by Crippen LogP contribution is -2.16. The van der Waals surface area contributed by atoms with Crippen molar-refractivity contribution in [2.24, 2.45) is 0 Å². The molecule has 116 valence electrons. The molecule has 0 radical (unpaired) electrons. The Balaban J connectivity index is 0.00000176. The van der Waals surface area contributed by atoms with Crippen molar-refractivity contribution >= 4 is 33.8 Å². The number of halogens is 1. The number of benzene rings is 2. The number of rotatable bonds is 6. The van der Waals surface area contributed by atoms with E-state index in [-0.39, 0.29) is 18.5 Å². The molecule has 22 heavy (non-hydrogen) atoms. The van der Waals surface area contributed by atoms with Crippen molar-refractivity contribution in [2.75, 3.05) is 13.6 Å². The van der Waals surface area contributed by atoms with Gasteiger partial charge in [-0.15, -0.1) is 23.7 Å². The number of fused-ring (bicyclic) bond motifs is 1. The first-order chi connectivity index (χ1) is 10.4. The van der Waals surface area contributed by atoms with Gasteiger partial charge in [-0.3, -0.25) is 0 Å². The Bertz CT molecular complexity index is 698. The van der Waals surface area contributed by atoms with Crippen molar-refractivity contribution in [1.29, 1.82) is 0 Å². The largest absolute Gasteiger partial charge is 0.486 e. The molecule has 0 saturated heterocycles. The molecule has 3 rings (SSSR count). The minimum Gasteiger partial charge on any atom is -0.486 e. The van der Waals surface area contributed by atoms with Crippen LogP contribution in [-0.2, 0) is 0 Å². The molecule has 4 heteroatoms. The SMILES string of the molecule is CNCC[C@H](Oc1ccc2ccsc2c1)c1ccccc1.Cl. The van der Waals surface area contributed by atoms with Crippen LogP contribution in [-0.4, -0.2) is 13.6 Å². The highest BCUT2D eigenvalue weighted by molar-refractivity contribution is 7.17. The standard InChI is InChI=1S/C18H19NOS.ClH/c1-19-11-9-17(14-5-3-2-4-6-14)20-16-8-7-15-10-12-21-18(15)13-16;/h2-8,10,12-13,17,19H,9,11H2,1H3;1H/t17-;/m0./s1. The van der Waals surface area contributed by atoms with Crippen LogP contribution in [0.15, 0.2) is 60.0 Å². The fraction of sp³-hybridized carbons (Fsp3) is 0.222. The van der Waals surface area contributed by atoms with E-state index in [1.165, 1.54) is 15.6 Å². The summed E-state index contributed by atoms with van der Waals surface area (Å²) in [6.07, 6.45) is 1.03. The lowest BCUT2D eigenvalue weighted by atomic mass is 10.1. The summed E-state index contributed by atoms with van der Waals surface area (Å²) in [6, 6.07) is 18.9. The first-order valence-corrected chi connectivity index (χ1v) is 8.08. The predicted molar refractivity (Wildman–Crippen MR) is 97.4 cm³/mol. The minimum atomic E-state index is 0. The summed E-state index contributed by atoms with van der Waals surface area (Å²) in [5.74, 6) is 0.940. The summed E-state index contributed by atoms with van der Waals surface area (Å²) in [5.41, 5.74) is 1.22. The highest BCUT2D eigenvalue weighted by Gasteiger charge is 2.13. The quantitative estimate of drug-likeness (QED) is 0.681. The van der Waals surface area contributed by atoms with Crippen LogP contribution >= 0.6 is 23.7 Å². The molecule has 0 saturated carbocycles. The molecule has 3 aromatic rings. The second-order valence-electron chi connectivity index (χ2n) is 5.03. The van der Waals surface area contributed by atoms with Crippen LogP contribution in [0.1, 0.15) is 18.1 Å². The van der Waals surface area contributed by atoms with Gasteiger partial charge >= 0.3 is 0 Å². The van der Waals surface area contributed by atoms with E-state index in [9.17, 15) is 0 Å². The summed E-state index contributed by atoms with van der Waals surface area (Å²) in [4.78, 5) is 0. The maximum atomic E-state index is 6.25. The van der Waals surface area contributed by atoms with Crippen LogP contribution in [0.3, 0.4) is 0 Å². The molecule has 0 unspecified atom stereocenters. The molecule has 2 nitrogen and oxygen atoms in total. The summed E-state index contributed by atoms with van der Waals surface area (Å²) < 4.78 is 7.52. The van der Waals surface area contributed by atoms with Crippen LogP contribution in [0.25, 0.3) is 10.1 Å². The third kappa shape index (κ3) is 4.01. The normalized spacial score (nSPS) is 11.9. The zero-order valence-corrected chi connectivity index (χ0v) is 14.1. The van der Waals surface area contributed by atoms with Crippen LogP contribution in [0.5, 0.6) is 5.75 Å². The van der Waals surface area contributed by atoms with E-state index in [1.54, 1.807) is 11.3 Å². The lowest BCUT2D eigenvalue weighted by molar-refractivity contribution is 0.195. The van der Waals surface area contributed by atoms with Crippen LogP contribution in [0, 0.1) is 0 Å². The number of hydrogen-bond acceptors (Lipinski definition) is 3. The minimum absolute atomic E-state index is 0. The predicted octanol–water partition coefficient (Wildman–Crippen LogP) is 5.05. The number of hydrogen-bond donors (Lipinski definition) is 1. The first kappa shape index (κ1) is 16.8. The highest BCUT2D eigenvalue weighted by Crippen LogP contribution is 2.29. The molecule has 0 bridgehead atoms. The third-order valence-corrected chi connectivity index (χ3v) is 4.41. The average Bonchev–Trinajstić information content (AvgIpc) is 3.00. The van der Waals surface area contributed by atoms with Gasteiger partial charge in [0.2, 0.25) is 0 Å². The third-order valence-electron chi connectivity index (χ3n) is 3.53. The zero-order valence-electron chi connectivity index (χ0n) is 12.5. The van der Waals surface area contributed by atoms with Gasteiger partial charge in [-0.1, -0.05) is 30.3 Å². The van der Waals surface area contributed by atoms with Crippen LogP contribution in [0.4, 0.5) is 0 Å². The molecule has 1 heterocycles. The van der Waals surface area contributed by atoms with Gasteiger partial charge < -0.3 is 10.1 Å². The van der Waals surface area contributed by atoms with Gasteiger partial charge in [0.05, 0.1) is 0 Å². The maximum Gasteiger partial charge on any atom is 0.125 e. The molecule has 0 aliphatic rings. The fourth-order valence-corrected chi connectivity index (χ4v) is 3.23. The molecule has 1 N–H and O–H groups in total. The summed E-state index contributed by atoms with van der Waals surface area (Å²) in [6.45, 7) is 0.931. The van der Waals surface area contributed by atoms with E-state index in [4.69, 9.17) is 4.74 Å². The smallest absolute Gasteiger partial charge is 0.125 e. The van der Waals surface area contributed by atoms with Crippen LogP contribution < -0.4 is 10.1 Å². The van der Waals surface area contributed by atoms with E-state index in [1.807, 2.05) is 13.1 Å². The Kier molecular flexibility index (Phi) is 6.25. The second-order valence-corrected chi connectivity index (χ2v) is 5.98. The van der Waals surface area contributed by atoms with Crippen molar-refractivity contribution in [1.82, 2.24) is 5.32 Å². The van der Waals surface area contributed by atoms with E-state index in [2.05, 4.69) is 59.2 Å². The Morgan fingerprint density at radius 2 is 1.91 bits per heavy atom. The van der Waals surface area contributed by atoms with Crippen molar-refractivity contribution in [2.45, 2.75) is 12.5 Å². The Hall–Kier alpha value is -1.55. The van der Waals surface area contributed by atoms with Gasteiger partial charge in [-0.25, -0.2) is 0 Å². The van der Waals surface area contributed by atoms with Gasteiger partial charge in [0.15, 0.2) is 0 Å². The Morgan fingerprint density at radius 3 is 2.68 bits per heavy atom. The monoisotopic (exact) mass is 333 g/mol. The van der Waals surface area contributed by atoms with E-state index >= 15 is 0 Å². The lowest BCUT2D eigenvalue weighted by Gasteiger charge is -2.19. The van der Waals surface area contributed by atoms with E-state index in [0.717, 1.165) is 18.7 Å². The van der Waals surface area contributed by atoms with Crippen molar-refractivity contribution < 1.29 is 4.74 Å². The zero-order chi connectivity index (χ0) is 14.5. The van der Waals surface area contributed by atoms with Crippen molar-refractivity contribution in [3.63, 3.8) is 0 Å². The molecular formula is C18H20ClNOS. The van der Waals surface area contributed by atoms with Gasteiger partial charge in [-0.05, 0) is 54.2 Å². The van der Waals surface area contributed by atoms with E-state index in [0.29, 0.717) is 0 Å². The number of nitrogens with one attached hydrogen (secondary N) is 1. The first-order valence-electron chi connectivity index (χ1n) is 7.20. The Morgan fingerprint density at radius 1 is 1.09 bits per heavy atom. The molecule has 0 amide bonds. The molecular weight excluding hydrogens is 314 g/mol. The van der Waals surface area contributed by atoms with E-state index < -0.39 is 0 Å². The molecule has 2 aromatic carbocycles. The number of ether oxygens (including phenoxy) is 1. The molecule has 0 spiro atoms. The summed E-state index contributed by atoms with van der Waals surface area (Å²) >= 11 is 1.75. The van der Waals surface area contributed by atoms with Gasteiger partial charge in [0.1, 0.15) is 11.9 Å². The fourth-order valence-electron chi connectivity index (χ4n) is 2.41. The van der Waals surface area contributed by atoms with Gasteiger partial charge in [0, 0.05) is 11.1 Å².